The van der Waals surface area contributed by atoms with Gasteiger partial charge in [-0.2, -0.15) is 0 Å². The summed E-state index contributed by atoms with van der Waals surface area (Å²) >= 11 is 0. The van der Waals surface area contributed by atoms with Gasteiger partial charge in [-0.05, 0) is 68.1 Å². The van der Waals surface area contributed by atoms with Crippen molar-refractivity contribution in [3.8, 4) is 11.5 Å². The Morgan fingerprint density at radius 1 is 0.971 bits per heavy atom. The van der Waals surface area contributed by atoms with Crippen LogP contribution in [0.15, 0.2) is 66.2 Å². The number of aliphatic hydroxyl groups excluding tert-OH is 1. The maximum atomic E-state index is 13.5. The molecule has 35 heavy (non-hydrogen) atoms. The van der Waals surface area contributed by atoms with E-state index in [9.17, 15) is 14.7 Å². The number of Topliss-reactive ketones (excluding diaryl/α,β-unsaturated/α-hetero) is 1. The molecule has 0 bridgehead atoms. The summed E-state index contributed by atoms with van der Waals surface area (Å²) < 4.78 is 11.2. The number of hydrogen-bond acceptors (Lipinski definition) is 5. The Morgan fingerprint density at radius 2 is 1.71 bits per heavy atom. The maximum absolute atomic E-state index is 13.5. The van der Waals surface area contributed by atoms with Gasteiger partial charge in [0.2, 0.25) is 0 Å². The number of rotatable bonds is 6. The standard InChI is InChI=1S/C29H29NO5/c1-6-35-21-12-9-11-20(16-21)30-25(22-13-8-7-10-18(22)3)24(27(32)29(30)33)26(31)23-15-17(2)14-19(4)28(23)34-5/h7-16,25,31H,6H2,1-5H3/b26-24+. The van der Waals surface area contributed by atoms with Gasteiger partial charge in [0.05, 0.1) is 30.9 Å². The summed E-state index contributed by atoms with van der Waals surface area (Å²) in [6.07, 6.45) is 0. The van der Waals surface area contributed by atoms with Crippen molar-refractivity contribution < 1.29 is 24.2 Å². The number of ketones is 1. The fourth-order valence-electron chi connectivity index (χ4n) is 4.72. The minimum atomic E-state index is -0.821. The molecule has 1 fully saturated rings. The van der Waals surface area contributed by atoms with Crippen molar-refractivity contribution in [2.24, 2.45) is 0 Å². The van der Waals surface area contributed by atoms with Crippen molar-refractivity contribution in [2.45, 2.75) is 33.7 Å². The molecule has 3 aromatic carbocycles. The summed E-state index contributed by atoms with van der Waals surface area (Å²) in [5.74, 6) is -0.674. The van der Waals surface area contributed by atoms with E-state index in [-0.39, 0.29) is 11.3 Å². The number of methoxy groups -OCH3 is 1. The van der Waals surface area contributed by atoms with E-state index in [0.717, 1.165) is 22.3 Å². The van der Waals surface area contributed by atoms with Gasteiger partial charge < -0.3 is 14.6 Å². The molecule has 4 rings (SSSR count). The predicted octanol–water partition coefficient (Wildman–Crippen LogP) is 5.65. The number of carbonyl (C=O) groups excluding carboxylic acids is 2. The zero-order valence-electron chi connectivity index (χ0n) is 20.6. The van der Waals surface area contributed by atoms with Gasteiger partial charge in [0, 0.05) is 11.8 Å². The highest BCUT2D eigenvalue weighted by Gasteiger charge is 2.47. The molecule has 1 saturated heterocycles. The Hall–Kier alpha value is -4.06. The second kappa shape index (κ2) is 9.66. The molecule has 0 saturated carbocycles. The zero-order valence-corrected chi connectivity index (χ0v) is 20.6. The van der Waals surface area contributed by atoms with E-state index in [1.807, 2.05) is 58.0 Å². The van der Waals surface area contributed by atoms with Gasteiger partial charge in [0.15, 0.2) is 0 Å². The van der Waals surface area contributed by atoms with Gasteiger partial charge in [-0.1, -0.05) is 36.4 Å². The first-order valence-electron chi connectivity index (χ1n) is 11.5. The summed E-state index contributed by atoms with van der Waals surface area (Å²) in [7, 11) is 1.52. The summed E-state index contributed by atoms with van der Waals surface area (Å²) in [5, 5.41) is 11.6. The van der Waals surface area contributed by atoms with Crippen LogP contribution >= 0.6 is 0 Å². The smallest absolute Gasteiger partial charge is 0.300 e. The normalized spacial score (nSPS) is 17.1. The molecule has 1 aliphatic rings. The Kier molecular flexibility index (Phi) is 6.65. The van der Waals surface area contributed by atoms with Crippen molar-refractivity contribution in [3.05, 3.63) is 94.1 Å². The lowest BCUT2D eigenvalue weighted by Crippen LogP contribution is -2.29. The molecular weight excluding hydrogens is 442 g/mol. The third-order valence-corrected chi connectivity index (χ3v) is 6.21. The quantitative estimate of drug-likeness (QED) is 0.286. The molecule has 1 amide bonds. The van der Waals surface area contributed by atoms with Crippen LogP contribution in [-0.4, -0.2) is 30.5 Å². The van der Waals surface area contributed by atoms with Crippen LogP contribution < -0.4 is 14.4 Å². The highest BCUT2D eigenvalue weighted by atomic mass is 16.5. The van der Waals surface area contributed by atoms with Gasteiger partial charge in [-0.15, -0.1) is 0 Å². The summed E-state index contributed by atoms with van der Waals surface area (Å²) in [5.41, 5.74) is 4.27. The molecule has 0 aromatic heterocycles. The fraction of sp³-hybridized carbons (Fsp3) is 0.241. The molecule has 1 atom stereocenters. The van der Waals surface area contributed by atoms with Crippen LogP contribution in [0.4, 0.5) is 5.69 Å². The van der Waals surface area contributed by atoms with E-state index < -0.39 is 17.7 Å². The van der Waals surface area contributed by atoms with E-state index in [2.05, 4.69) is 0 Å². The Balaban J connectivity index is 2.01. The van der Waals surface area contributed by atoms with E-state index >= 15 is 0 Å². The number of carbonyl (C=O) groups is 2. The van der Waals surface area contributed by atoms with Crippen LogP contribution in [0.5, 0.6) is 11.5 Å². The van der Waals surface area contributed by atoms with Crippen LogP contribution in [-0.2, 0) is 9.59 Å². The number of anilines is 1. The van der Waals surface area contributed by atoms with Gasteiger partial charge in [0.1, 0.15) is 17.3 Å². The highest BCUT2D eigenvalue weighted by Crippen LogP contribution is 2.45. The van der Waals surface area contributed by atoms with E-state index in [1.54, 1.807) is 30.3 Å². The van der Waals surface area contributed by atoms with Crippen LogP contribution in [0, 0.1) is 20.8 Å². The number of amides is 1. The Morgan fingerprint density at radius 3 is 2.40 bits per heavy atom. The minimum absolute atomic E-state index is 0.0226. The molecule has 0 aliphatic carbocycles. The summed E-state index contributed by atoms with van der Waals surface area (Å²) in [6.45, 7) is 8.04. The number of ether oxygens (including phenoxy) is 2. The van der Waals surface area contributed by atoms with Crippen LogP contribution in [0.2, 0.25) is 0 Å². The van der Waals surface area contributed by atoms with Gasteiger partial charge >= 0.3 is 0 Å². The number of nitrogens with zero attached hydrogens (tertiary/aromatic N) is 1. The lowest BCUT2D eigenvalue weighted by molar-refractivity contribution is -0.132. The number of benzene rings is 3. The lowest BCUT2D eigenvalue weighted by atomic mass is 9.91. The lowest BCUT2D eigenvalue weighted by Gasteiger charge is -2.27. The van der Waals surface area contributed by atoms with E-state index in [4.69, 9.17) is 9.47 Å². The molecule has 1 heterocycles. The summed E-state index contributed by atoms with van der Waals surface area (Å²) in [6, 6.07) is 17.5. The van der Waals surface area contributed by atoms with E-state index in [0.29, 0.717) is 29.4 Å². The minimum Gasteiger partial charge on any atom is -0.507 e. The molecular formula is C29H29NO5. The second-order valence-corrected chi connectivity index (χ2v) is 8.62. The molecule has 1 unspecified atom stereocenters. The van der Waals surface area contributed by atoms with Crippen molar-refractivity contribution in [1.29, 1.82) is 0 Å². The number of hydrogen-bond donors (Lipinski definition) is 1. The monoisotopic (exact) mass is 471 g/mol. The van der Waals surface area contributed by atoms with Crippen molar-refractivity contribution in [1.82, 2.24) is 0 Å². The average molecular weight is 472 g/mol. The molecule has 3 aromatic rings. The van der Waals surface area contributed by atoms with Gasteiger partial charge in [0.25, 0.3) is 11.7 Å². The first kappa shape index (κ1) is 24.1. The molecule has 1 aliphatic heterocycles. The fourth-order valence-corrected chi connectivity index (χ4v) is 4.72. The maximum Gasteiger partial charge on any atom is 0.300 e. The Bertz CT molecular complexity index is 1340. The Labute approximate surface area is 205 Å². The summed E-state index contributed by atoms with van der Waals surface area (Å²) in [4.78, 5) is 28.4. The zero-order chi connectivity index (χ0) is 25.3. The third-order valence-electron chi connectivity index (χ3n) is 6.21. The molecule has 0 spiro atoms. The molecule has 6 nitrogen and oxygen atoms in total. The van der Waals surface area contributed by atoms with Crippen molar-refractivity contribution in [2.75, 3.05) is 18.6 Å². The third kappa shape index (κ3) is 4.28. The topological polar surface area (TPSA) is 76.1 Å². The molecule has 1 N–H and O–H groups in total. The number of aryl methyl sites for hydroxylation is 3. The van der Waals surface area contributed by atoms with Crippen molar-refractivity contribution in [3.63, 3.8) is 0 Å². The first-order valence-corrected chi connectivity index (χ1v) is 11.5. The van der Waals surface area contributed by atoms with Crippen LogP contribution in [0.25, 0.3) is 5.76 Å². The van der Waals surface area contributed by atoms with Crippen molar-refractivity contribution >= 4 is 23.1 Å². The van der Waals surface area contributed by atoms with Crippen LogP contribution in [0.1, 0.15) is 40.8 Å². The molecule has 180 valence electrons. The van der Waals surface area contributed by atoms with Crippen LogP contribution in [0.3, 0.4) is 0 Å². The SMILES string of the molecule is CCOc1cccc(N2C(=O)C(=O)/C(=C(/O)c3cc(C)cc(C)c3OC)C2c2ccccc2C)c1. The van der Waals surface area contributed by atoms with E-state index in [1.165, 1.54) is 12.0 Å². The van der Waals surface area contributed by atoms with Gasteiger partial charge in [-0.25, -0.2) is 0 Å². The number of aliphatic hydroxyl groups is 1. The molecule has 0 radical (unpaired) electrons. The average Bonchev–Trinajstić information content (AvgIpc) is 3.09. The largest absolute Gasteiger partial charge is 0.507 e. The second-order valence-electron chi connectivity index (χ2n) is 8.62. The highest BCUT2D eigenvalue weighted by molar-refractivity contribution is 6.51. The van der Waals surface area contributed by atoms with Gasteiger partial charge in [-0.3, -0.25) is 14.5 Å². The predicted molar refractivity (Wildman–Crippen MR) is 136 cm³/mol. The first-order chi connectivity index (χ1) is 16.8. The molecule has 6 heteroatoms.